The van der Waals surface area contributed by atoms with Gasteiger partial charge in [-0.25, -0.2) is 13.2 Å². The molecule has 1 aliphatic heterocycles. The quantitative estimate of drug-likeness (QED) is 0.799. The van der Waals surface area contributed by atoms with Crippen LogP contribution in [0.3, 0.4) is 0 Å². The van der Waals surface area contributed by atoms with Crippen LogP contribution in [0.25, 0.3) is 0 Å². The summed E-state index contributed by atoms with van der Waals surface area (Å²) in [7, 11) is -3.22. The predicted molar refractivity (Wildman–Crippen MR) is 108 cm³/mol. The molecule has 0 saturated heterocycles. The number of sulfonamides is 1. The fourth-order valence-corrected chi connectivity index (χ4v) is 4.17. The maximum Gasteiger partial charge on any atom is 0.319 e. The molecule has 0 fully saturated rings. The van der Waals surface area contributed by atoms with Crippen molar-refractivity contribution in [3.63, 3.8) is 0 Å². The third-order valence-electron chi connectivity index (χ3n) is 4.54. The average molecular weight is 408 g/mol. The number of urea groups is 1. The second-order valence-electron chi connectivity index (χ2n) is 6.55. The van der Waals surface area contributed by atoms with Gasteiger partial charge in [-0.15, -0.1) is 0 Å². The topological polar surface area (TPSA) is 78.5 Å². The van der Waals surface area contributed by atoms with Crippen molar-refractivity contribution in [2.45, 2.75) is 19.4 Å². The Bertz CT molecular complexity index is 947. The van der Waals surface area contributed by atoms with E-state index in [9.17, 15) is 13.2 Å². The summed E-state index contributed by atoms with van der Waals surface area (Å²) in [6.07, 6.45) is 2.47. The zero-order chi connectivity index (χ0) is 19.4. The van der Waals surface area contributed by atoms with E-state index in [1.54, 1.807) is 0 Å². The van der Waals surface area contributed by atoms with Crippen molar-refractivity contribution in [3.05, 3.63) is 64.2 Å². The summed E-state index contributed by atoms with van der Waals surface area (Å²) in [6, 6.07) is 12.8. The van der Waals surface area contributed by atoms with E-state index in [4.69, 9.17) is 11.6 Å². The molecule has 0 radical (unpaired) electrons. The highest BCUT2D eigenvalue weighted by molar-refractivity contribution is 7.88. The van der Waals surface area contributed by atoms with E-state index < -0.39 is 10.0 Å². The number of anilines is 1. The summed E-state index contributed by atoms with van der Waals surface area (Å²) in [5.74, 6) is 0. The van der Waals surface area contributed by atoms with Gasteiger partial charge in [0.25, 0.3) is 0 Å². The van der Waals surface area contributed by atoms with Crippen LogP contribution in [0, 0.1) is 0 Å². The zero-order valence-electron chi connectivity index (χ0n) is 15.0. The molecular weight excluding hydrogens is 386 g/mol. The van der Waals surface area contributed by atoms with Gasteiger partial charge >= 0.3 is 6.03 Å². The molecule has 0 saturated carbocycles. The molecule has 8 heteroatoms. The zero-order valence-corrected chi connectivity index (χ0v) is 16.6. The Morgan fingerprint density at radius 2 is 2.00 bits per heavy atom. The SMILES string of the molecule is CS(=O)(=O)N1CCc2c(cccc2NC(=O)NCCc2cccc(Cl)c2)C1. The number of hydrogen-bond donors (Lipinski definition) is 2. The van der Waals surface area contributed by atoms with Crippen molar-refractivity contribution in [3.8, 4) is 0 Å². The maximum absolute atomic E-state index is 12.2. The molecule has 0 spiro atoms. The Kier molecular flexibility index (Phi) is 6.04. The van der Waals surface area contributed by atoms with Gasteiger partial charge in [0.2, 0.25) is 10.0 Å². The monoisotopic (exact) mass is 407 g/mol. The van der Waals surface area contributed by atoms with Gasteiger partial charge in [-0.2, -0.15) is 4.31 Å². The molecule has 0 atom stereocenters. The summed E-state index contributed by atoms with van der Waals surface area (Å²) in [5.41, 5.74) is 3.69. The molecule has 27 heavy (non-hydrogen) atoms. The minimum Gasteiger partial charge on any atom is -0.338 e. The summed E-state index contributed by atoms with van der Waals surface area (Å²) in [5, 5.41) is 6.39. The van der Waals surface area contributed by atoms with Crippen LogP contribution in [-0.4, -0.2) is 38.1 Å². The van der Waals surface area contributed by atoms with Gasteiger partial charge < -0.3 is 10.6 Å². The Morgan fingerprint density at radius 3 is 2.74 bits per heavy atom. The third kappa shape index (κ3) is 5.22. The fourth-order valence-electron chi connectivity index (χ4n) is 3.16. The molecule has 1 heterocycles. The maximum atomic E-state index is 12.2. The Labute approximate surface area is 164 Å². The second-order valence-corrected chi connectivity index (χ2v) is 8.97. The van der Waals surface area contributed by atoms with Crippen molar-refractivity contribution in [1.82, 2.24) is 9.62 Å². The number of nitrogens with zero attached hydrogens (tertiary/aromatic N) is 1. The summed E-state index contributed by atoms with van der Waals surface area (Å²) in [6.45, 7) is 1.24. The Balaban J connectivity index is 1.59. The number of rotatable bonds is 5. The van der Waals surface area contributed by atoms with Gasteiger partial charge in [-0.05, 0) is 47.7 Å². The Morgan fingerprint density at radius 1 is 1.22 bits per heavy atom. The van der Waals surface area contributed by atoms with Crippen molar-refractivity contribution in [2.75, 3.05) is 24.7 Å². The highest BCUT2D eigenvalue weighted by Gasteiger charge is 2.24. The van der Waals surface area contributed by atoms with Crippen LogP contribution in [0.2, 0.25) is 5.02 Å². The summed E-state index contributed by atoms with van der Waals surface area (Å²) in [4.78, 5) is 12.2. The molecule has 1 aliphatic rings. The normalized spacial score (nSPS) is 14.4. The summed E-state index contributed by atoms with van der Waals surface area (Å²) >= 11 is 5.96. The summed E-state index contributed by atoms with van der Waals surface area (Å²) < 4.78 is 25.0. The van der Waals surface area contributed by atoms with E-state index in [1.807, 2.05) is 42.5 Å². The molecule has 0 bridgehead atoms. The molecule has 2 N–H and O–H groups in total. The first kappa shape index (κ1) is 19.7. The molecule has 0 aromatic heterocycles. The molecule has 6 nitrogen and oxygen atoms in total. The molecular formula is C19H22ClN3O3S. The minimum atomic E-state index is -3.22. The Hall–Kier alpha value is -2.09. The van der Waals surface area contributed by atoms with Gasteiger partial charge in [0.1, 0.15) is 0 Å². The molecule has 2 aromatic rings. The lowest BCUT2D eigenvalue weighted by Gasteiger charge is -2.28. The highest BCUT2D eigenvalue weighted by Crippen LogP contribution is 2.27. The number of amides is 2. The lowest BCUT2D eigenvalue weighted by molar-refractivity contribution is 0.252. The van der Waals surface area contributed by atoms with E-state index in [0.29, 0.717) is 37.5 Å². The van der Waals surface area contributed by atoms with E-state index in [0.717, 1.165) is 22.4 Å². The molecule has 0 aliphatic carbocycles. The van der Waals surface area contributed by atoms with Gasteiger partial charge in [0.05, 0.1) is 6.26 Å². The van der Waals surface area contributed by atoms with Crippen molar-refractivity contribution in [1.29, 1.82) is 0 Å². The molecule has 2 aromatic carbocycles. The number of nitrogens with one attached hydrogen (secondary N) is 2. The first-order valence-electron chi connectivity index (χ1n) is 8.68. The van der Waals surface area contributed by atoms with E-state index in [2.05, 4.69) is 10.6 Å². The predicted octanol–water partition coefficient (Wildman–Crippen LogP) is 3.02. The number of halogens is 1. The molecule has 0 unspecified atom stereocenters. The van der Waals surface area contributed by atoms with Gasteiger partial charge in [-0.3, -0.25) is 0 Å². The van der Waals surface area contributed by atoms with Crippen LogP contribution in [0.5, 0.6) is 0 Å². The fraction of sp³-hybridized carbons (Fsp3) is 0.316. The third-order valence-corrected chi connectivity index (χ3v) is 6.02. The van der Waals surface area contributed by atoms with Gasteiger partial charge in [-0.1, -0.05) is 35.9 Å². The number of fused-ring (bicyclic) bond motifs is 1. The molecule has 3 rings (SSSR count). The van der Waals surface area contributed by atoms with Crippen LogP contribution in [-0.2, 0) is 29.4 Å². The first-order chi connectivity index (χ1) is 12.8. The van der Waals surface area contributed by atoms with E-state index in [-0.39, 0.29) is 6.03 Å². The first-order valence-corrected chi connectivity index (χ1v) is 10.9. The van der Waals surface area contributed by atoms with Crippen molar-refractivity contribution < 1.29 is 13.2 Å². The van der Waals surface area contributed by atoms with Crippen molar-refractivity contribution in [2.24, 2.45) is 0 Å². The second kappa shape index (κ2) is 8.29. The van der Waals surface area contributed by atoms with Crippen LogP contribution in [0.1, 0.15) is 16.7 Å². The lowest BCUT2D eigenvalue weighted by atomic mass is 9.99. The molecule has 144 valence electrons. The van der Waals surface area contributed by atoms with Gasteiger partial charge in [0.15, 0.2) is 0 Å². The van der Waals surface area contributed by atoms with Crippen molar-refractivity contribution >= 4 is 33.3 Å². The number of carbonyl (C=O) groups excluding carboxylic acids is 1. The smallest absolute Gasteiger partial charge is 0.319 e. The number of carbonyl (C=O) groups is 1. The van der Waals surface area contributed by atoms with Crippen LogP contribution < -0.4 is 10.6 Å². The largest absolute Gasteiger partial charge is 0.338 e. The van der Waals surface area contributed by atoms with E-state index >= 15 is 0 Å². The highest BCUT2D eigenvalue weighted by atomic mass is 35.5. The standard InChI is InChI=1S/C19H22ClN3O3S/c1-27(25,26)23-11-9-17-15(13-23)5-3-7-18(17)22-19(24)21-10-8-14-4-2-6-16(20)12-14/h2-7,12H,8-11,13H2,1H3,(H2,21,22,24). The van der Waals surface area contributed by atoms with Crippen LogP contribution in [0.4, 0.5) is 10.5 Å². The van der Waals surface area contributed by atoms with Gasteiger partial charge in [0, 0.05) is 30.3 Å². The molecule has 2 amide bonds. The number of benzene rings is 2. The van der Waals surface area contributed by atoms with E-state index in [1.165, 1.54) is 10.6 Å². The van der Waals surface area contributed by atoms with Crippen LogP contribution in [0.15, 0.2) is 42.5 Å². The average Bonchev–Trinajstić information content (AvgIpc) is 2.61. The lowest BCUT2D eigenvalue weighted by Crippen LogP contribution is -2.36. The van der Waals surface area contributed by atoms with Crippen LogP contribution >= 0.6 is 11.6 Å². The number of hydrogen-bond acceptors (Lipinski definition) is 3. The minimum absolute atomic E-state index is 0.282.